The van der Waals surface area contributed by atoms with Crippen molar-refractivity contribution in [3.8, 4) is 11.1 Å². The number of carboxylic acid groups (broad SMARTS) is 1. The molecule has 0 saturated carbocycles. The lowest BCUT2D eigenvalue weighted by atomic mass is 10.1. The molecule has 1 aromatic carbocycles. The Morgan fingerprint density at radius 3 is 2.53 bits per heavy atom. The smallest absolute Gasteiger partial charge is 0.335 e. The summed E-state index contributed by atoms with van der Waals surface area (Å²) in [5.74, 6) is -0.937. The summed E-state index contributed by atoms with van der Waals surface area (Å²) in [6.45, 7) is 0.492. The van der Waals surface area contributed by atoms with Gasteiger partial charge in [0.15, 0.2) is 0 Å². The second-order valence-electron chi connectivity index (χ2n) is 3.60. The number of hydrogen-bond donors (Lipinski definition) is 2. The van der Waals surface area contributed by atoms with Gasteiger partial charge in [0.1, 0.15) is 0 Å². The van der Waals surface area contributed by atoms with Gasteiger partial charge in [-0.15, -0.1) is 0 Å². The predicted molar refractivity (Wildman–Crippen MR) is 61.7 cm³/mol. The van der Waals surface area contributed by atoms with Crippen LogP contribution in [0.5, 0.6) is 0 Å². The highest BCUT2D eigenvalue weighted by Crippen LogP contribution is 2.18. The molecule has 0 radical (unpaired) electrons. The maximum Gasteiger partial charge on any atom is 0.335 e. The highest BCUT2D eigenvalue weighted by molar-refractivity contribution is 5.88. The molecule has 5 nitrogen and oxygen atoms in total. The van der Waals surface area contributed by atoms with E-state index in [2.05, 4.69) is 5.10 Å². The van der Waals surface area contributed by atoms with E-state index in [0.29, 0.717) is 6.54 Å². The van der Waals surface area contributed by atoms with E-state index < -0.39 is 5.97 Å². The number of benzene rings is 1. The summed E-state index contributed by atoms with van der Waals surface area (Å²) < 4.78 is 1.64. The Bertz CT molecular complexity index is 517. The van der Waals surface area contributed by atoms with Crippen LogP contribution in [0.15, 0.2) is 36.7 Å². The zero-order chi connectivity index (χ0) is 12.3. The third-order valence-corrected chi connectivity index (χ3v) is 2.43. The molecule has 5 heteroatoms. The van der Waals surface area contributed by atoms with Gasteiger partial charge in [-0.3, -0.25) is 4.68 Å². The molecular formula is C12H12N2O3. The molecule has 0 aliphatic carbocycles. The van der Waals surface area contributed by atoms with Crippen LogP contribution in [0.1, 0.15) is 10.4 Å². The Balaban J connectivity index is 2.23. The van der Waals surface area contributed by atoms with Crippen LogP contribution in [0.25, 0.3) is 11.1 Å². The van der Waals surface area contributed by atoms with Gasteiger partial charge in [-0.1, -0.05) is 12.1 Å². The van der Waals surface area contributed by atoms with Gasteiger partial charge in [0, 0.05) is 11.8 Å². The van der Waals surface area contributed by atoms with Crippen molar-refractivity contribution in [2.24, 2.45) is 0 Å². The normalized spacial score (nSPS) is 10.4. The van der Waals surface area contributed by atoms with E-state index in [1.165, 1.54) is 0 Å². The first-order valence-electron chi connectivity index (χ1n) is 5.18. The van der Waals surface area contributed by atoms with E-state index in [1.54, 1.807) is 35.1 Å². The number of nitrogens with zero attached hydrogens (tertiary/aromatic N) is 2. The van der Waals surface area contributed by atoms with Crippen LogP contribution < -0.4 is 0 Å². The average Bonchev–Trinajstić information content (AvgIpc) is 2.78. The van der Waals surface area contributed by atoms with Crippen LogP contribution in [0, 0.1) is 0 Å². The molecule has 0 aliphatic heterocycles. The monoisotopic (exact) mass is 232 g/mol. The van der Waals surface area contributed by atoms with E-state index in [0.717, 1.165) is 11.1 Å². The number of aromatic nitrogens is 2. The Kier molecular flexibility index (Phi) is 3.20. The summed E-state index contributed by atoms with van der Waals surface area (Å²) in [6.07, 6.45) is 3.50. The quantitative estimate of drug-likeness (QED) is 0.831. The van der Waals surface area contributed by atoms with Gasteiger partial charge in [0.05, 0.1) is 24.9 Å². The molecule has 0 amide bonds. The van der Waals surface area contributed by atoms with Crippen LogP contribution in [-0.2, 0) is 6.54 Å². The molecule has 1 heterocycles. The van der Waals surface area contributed by atoms with Crippen LogP contribution in [0.3, 0.4) is 0 Å². The number of aliphatic hydroxyl groups is 1. The number of hydrogen-bond acceptors (Lipinski definition) is 3. The summed E-state index contributed by atoms with van der Waals surface area (Å²) in [4.78, 5) is 10.7. The zero-order valence-corrected chi connectivity index (χ0v) is 9.08. The number of carboxylic acids is 1. The van der Waals surface area contributed by atoms with Crippen molar-refractivity contribution in [1.82, 2.24) is 9.78 Å². The molecule has 0 fully saturated rings. The number of aliphatic hydroxyl groups excluding tert-OH is 1. The minimum absolute atomic E-state index is 0.0407. The maximum absolute atomic E-state index is 10.7. The van der Waals surface area contributed by atoms with Crippen molar-refractivity contribution in [3.63, 3.8) is 0 Å². The van der Waals surface area contributed by atoms with Gasteiger partial charge in [-0.25, -0.2) is 4.79 Å². The van der Waals surface area contributed by atoms with E-state index >= 15 is 0 Å². The third kappa shape index (κ3) is 2.51. The standard InChI is InChI=1S/C12H12N2O3/c15-6-5-14-8-11(7-13-14)9-1-3-10(4-2-9)12(16)17/h1-4,7-8,15H,5-6H2,(H,16,17). The summed E-state index contributed by atoms with van der Waals surface area (Å²) in [6, 6.07) is 6.59. The Labute approximate surface area is 97.9 Å². The highest BCUT2D eigenvalue weighted by atomic mass is 16.4. The van der Waals surface area contributed by atoms with Crippen LogP contribution in [0.4, 0.5) is 0 Å². The molecular weight excluding hydrogens is 220 g/mol. The molecule has 0 spiro atoms. The van der Waals surface area contributed by atoms with Gasteiger partial charge < -0.3 is 10.2 Å². The van der Waals surface area contributed by atoms with Gasteiger partial charge >= 0.3 is 5.97 Å². The van der Waals surface area contributed by atoms with Gasteiger partial charge in [-0.2, -0.15) is 5.10 Å². The first-order chi connectivity index (χ1) is 8.20. The molecule has 0 saturated heterocycles. The molecule has 2 N–H and O–H groups in total. The van der Waals surface area contributed by atoms with Gasteiger partial charge in [0.2, 0.25) is 0 Å². The lowest BCUT2D eigenvalue weighted by Gasteiger charge is -1.98. The fourth-order valence-electron chi connectivity index (χ4n) is 1.54. The van der Waals surface area contributed by atoms with E-state index in [1.807, 2.05) is 6.20 Å². The molecule has 2 rings (SSSR count). The van der Waals surface area contributed by atoms with Crippen molar-refractivity contribution in [3.05, 3.63) is 42.2 Å². The summed E-state index contributed by atoms with van der Waals surface area (Å²) in [5, 5.41) is 21.6. The molecule has 88 valence electrons. The van der Waals surface area contributed by atoms with Crippen molar-refractivity contribution < 1.29 is 15.0 Å². The molecule has 0 atom stereocenters. The van der Waals surface area contributed by atoms with Crippen LogP contribution >= 0.6 is 0 Å². The first kappa shape index (κ1) is 11.3. The average molecular weight is 232 g/mol. The zero-order valence-electron chi connectivity index (χ0n) is 9.08. The topological polar surface area (TPSA) is 75.3 Å². The fourth-order valence-corrected chi connectivity index (χ4v) is 1.54. The third-order valence-electron chi connectivity index (χ3n) is 2.43. The lowest BCUT2D eigenvalue weighted by molar-refractivity contribution is 0.0697. The molecule has 0 bridgehead atoms. The van der Waals surface area contributed by atoms with Crippen LogP contribution in [-0.4, -0.2) is 32.6 Å². The SMILES string of the molecule is O=C(O)c1ccc(-c2cnn(CCO)c2)cc1. The molecule has 0 aliphatic rings. The lowest BCUT2D eigenvalue weighted by Crippen LogP contribution is -2.01. The predicted octanol–water partition coefficient (Wildman–Crippen LogP) is 1.24. The molecule has 2 aromatic rings. The van der Waals surface area contributed by atoms with E-state index in [9.17, 15) is 4.79 Å². The number of rotatable bonds is 4. The number of aromatic carboxylic acids is 1. The summed E-state index contributed by atoms with van der Waals surface area (Å²) in [7, 11) is 0. The fraction of sp³-hybridized carbons (Fsp3) is 0.167. The van der Waals surface area contributed by atoms with Crippen molar-refractivity contribution in [2.75, 3.05) is 6.61 Å². The molecule has 1 aromatic heterocycles. The maximum atomic E-state index is 10.7. The van der Waals surface area contributed by atoms with Gasteiger partial charge in [0.25, 0.3) is 0 Å². The Morgan fingerprint density at radius 1 is 1.24 bits per heavy atom. The highest BCUT2D eigenvalue weighted by Gasteiger charge is 2.04. The minimum Gasteiger partial charge on any atom is -0.478 e. The van der Waals surface area contributed by atoms with E-state index in [-0.39, 0.29) is 12.2 Å². The number of carbonyl (C=O) groups is 1. The van der Waals surface area contributed by atoms with Crippen LogP contribution in [0.2, 0.25) is 0 Å². The Hall–Kier alpha value is -2.14. The summed E-state index contributed by atoms with van der Waals surface area (Å²) in [5.41, 5.74) is 2.06. The Morgan fingerprint density at radius 2 is 1.94 bits per heavy atom. The van der Waals surface area contributed by atoms with Crippen molar-refractivity contribution >= 4 is 5.97 Å². The van der Waals surface area contributed by atoms with Crippen molar-refractivity contribution in [1.29, 1.82) is 0 Å². The molecule has 17 heavy (non-hydrogen) atoms. The first-order valence-corrected chi connectivity index (χ1v) is 5.18. The molecule has 0 unspecified atom stereocenters. The summed E-state index contributed by atoms with van der Waals surface area (Å²) >= 11 is 0. The second-order valence-corrected chi connectivity index (χ2v) is 3.60. The second kappa shape index (κ2) is 4.80. The van der Waals surface area contributed by atoms with Crippen molar-refractivity contribution in [2.45, 2.75) is 6.54 Å². The minimum atomic E-state index is -0.937. The largest absolute Gasteiger partial charge is 0.478 e. The van der Waals surface area contributed by atoms with Gasteiger partial charge in [-0.05, 0) is 17.7 Å². The van der Waals surface area contributed by atoms with E-state index in [4.69, 9.17) is 10.2 Å².